The van der Waals surface area contributed by atoms with Gasteiger partial charge in [-0.25, -0.2) is 9.97 Å². The van der Waals surface area contributed by atoms with E-state index in [1.807, 2.05) is 60.7 Å². The Kier molecular flexibility index (Phi) is 6.00. The second-order valence-electron chi connectivity index (χ2n) is 5.35. The van der Waals surface area contributed by atoms with E-state index < -0.39 is 0 Å². The lowest BCUT2D eigenvalue weighted by molar-refractivity contribution is 0.325. The van der Waals surface area contributed by atoms with Gasteiger partial charge in [-0.05, 0) is 65.4 Å². The van der Waals surface area contributed by atoms with Crippen LogP contribution in [0.3, 0.4) is 0 Å². The van der Waals surface area contributed by atoms with Crippen LogP contribution in [0.4, 0.5) is 11.6 Å². The average molecular weight is 443 g/mol. The van der Waals surface area contributed by atoms with Crippen molar-refractivity contribution in [1.29, 1.82) is 0 Å². The van der Waals surface area contributed by atoms with Crippen LogP contribution >= 0.6 is 22.6 Å². The van der Waals surface area contributed by atoms with E-state index in [-0.39, 0.29) is 0 Å². The summed E-state index contributed by atoms with van der Waals surface area (Å²) in [5.41, 5.74) is 2.80. The molecule has 25 heavy (non-hydrogen) atoms. The minimum Gasteiger partial charge on any atom is -0.493 e. The zero-order valence-electron chi connectivity index (χ0n) is 13.7. The first-order chi connectivity index (χ1) is 12.2. The number of hydrogen-bond acceptors (Lipinski definition) is 4. The van der Waals surface area contributed by atoms with E-state index >= 15 is 0 Å². The van der Waals surface area contributed by atoms with Crippen LogP contribution < -0.4 is 10.1 Å². The number of nitrogens with zero attached hydrogens (tertiary/aromatic N) is 2. The summed E-state index contributed by atoms with van der Waals surface area (Å²) in [7, 11) is 0. The van der Waals surface area contributed by atoms with Gasteiger partial charge in [0, 0.05) is 21.0 Å². The number of nitrogens with one attached hydrogen (secondary N) is 1. The van der Waals surface area contributed by atoms with E-state index in [9.17, 15) is 0 Å². The second-order valence-corrected chi connectivity index (χ2v) is 6.60. The topological polar surface area (TPSA) is 47.0 Å². The smallest absolute Gasteiger partial charge is 0.227 e. The molecule has 0 spiro atoms. The molecular formula is C20H18IN3O. The summed E-state index contributed by atoms with van der Waals surface area (Å²) in [5.74, 6) is 1.39. The number of benzene rings is 2. The number of rotatable bonds is 7. The average Bonchev–Trinajstić information content (AvgIpc) is 2.63. The van der Waals surface area contributed by atoms with E-state index in [1.165, 1.54) is 0 Å². The Morgan fingerprint density at radius 2 is 2.00 bits per heavy atom. The molecule has 0 bridgehead atoms. The summed E-state index contributed by atoms with van der Waals surface area (Å²) in [4.78, 5) is 8.92. The van der Waals surface area contributed by atoms with Crippen LogP contribution in [0.5, 0.6) is 5.75 Å². The zero-order valence-corrected chi connectivity index (χ0v) is 15.8. The zero-order chi connectivity index (χ0) is 17.5. The van der Waals surface area contributed by atoms with Gasteiger partial charge >= 0.3 is 0 Å². The molecule has 0 saturated carbocycles. The van der Waals surface area contributed by atoms with Crippen molar-refractivity contribution < 1.29 is 4.74 Å². The molecule has 4 nitrogen and oxygen atoms in total. The van der Waals surface area contributed by atoms with Gasteiger partial charge in [-0.1, -0.05) is 24.3 Å². The third-order valence-electron chi connectivity index (χ3n) is 3.46. The molecule has 3 rings (SSSR count). The number of hydrogen-bond donors (Lipinski definition) is 1. The fourth-order valence-corrected chi connectivity index (χ4v) is 2.82. The molecular weight excluding hydrogens is 425 g/mol. The Balaban J connectivity index is 1.79. The molecule has 0 amide bonds. The van der Waals surface area contributed by atoms with Gasteiger partial charge < -0.3 is 10.1 Å². The van der Waals surface area contributed by atoms with E-state index in [1.54, 1.807) is 6.20 Å². The van der Waals surface area contributed by atoms with Crippen LogP contribution in [0.15, 0.2) is 73.4 Å². The van der Waals surface area contributed by atoms with Gasteiger partial charge in [-0.15, -0.1) is 6.58 Å². The first-order valence-electron chi connectivity index (χ1n) is 7.94. The molecule has 0 saturated heterocycles. The van der Waals surface area contributed by atoms with Crippen LogP contribution in [-0.2, 0) is 0 Å². The fourth-order valence-electron chi connectivity index (χ4n) is 2.28. The number of halogens is 1. The maximum Gasteiger partial charge on any atom is 0.227 e. The number of aromatic nitrogens is 2. The van der Waals surface area contributed by atoms with Crippen molar-refractivity contribution in [2.75, 3.05) is 11.9 Å². The maximum absolute atomic E-state index is 5.72. The second kappa shape index (κ2) is 8.62. The first-order valence-corrected chi connectivity index (χ1v) is 9.02. The van der Waals surface area contributed by atoms with E-state index in [0.29, 0.717) is 12.6 Å². The molecule has 3 aromatic rings. The first kappa shape index (κ1) is 17.4. The predicted octanol–water partition coefficient (Wildman–Crippen LogP) is 5.45. The monoisotopic (exact) mass is 443 g/mol. The van der Waals surface area contributed by atoms with Gasteiger partial charge in [-0.2, -0.15) is 0 Å². The Labute approximate surface area is 161 Å². The van der Waals surface area contributed by atoms with Crippen LogP contribution in [-0.4, -0.2) is 16.6 Å². The quantitative estimate of drug-likeness (QED) is 0.300. The molecule has 1 aromatic heterocycles. The highest BCUT2D eigenvalue weighted by Gasteiger charge is 2.05. The van der Waals surface area contributed by atoms with Crippen LogP contribution in [0.1, 0.15) is 6.42 Å². The minimum absolute atomic E-state index is 0.567. The summed E-state index contributed by atoms with van der Waals surface area (Å²) in [6.07, 6.45) is 4.42. The van der Waals surface area contributed by atoms with Crippen molar-refractivity contribution in [3.63, 3.8) is 0 Å². The summed E-state index contributed by atoms with van der Waals surface area (Å²) < 4.78 is 6.87. The molecule has 0 aliphatic carbocycles. The summed E-state index contributed by atoms with van der Waals surface area (Å²) >= 11 is 2.28. The fraction of sp³-hybridized carbons (Fsp3) is 0.100. The highest BCUT2D eigenvalue weighted by molar-refractivity contribution is 14.1. The van der Waals surface area contributed by atoms with Crippen LogP contribution in [0.25, 0.3) is 11.3 Å². The molecule has 126 valence electrons. The Bertz CT molecular complexity index is 867. The molecule has 0 aliphatic rings. The third-order valence-corrected chi connectivity index (χ3v) is 4.13. The van der Waals surface area contributed by atoms with Gasteiger partial charge in [-0.3, -0.25) is 0 Å². The highest BCUT2D eigenvalue weighted by Crippen LogP contribution is 2.24. The lowest BCUT2D eigenvalue weighted by Gasteiger charge is -2.09. The lowest BCUT2D eigenvalue weighted by atomic mass is 10.1. The molecule has 0 fully saturated rings. The molecule has 0 radical (unpaired) electrons. The lowest BCUT2D eigenvalue weighted by Crippen LogP contribution is -1.98. The van der Waals surface area contributed by atoms with E-state index in [0.717, 1.165) is 32.7 Å². The van der Waals surface area contributed by atoms with Crippen molar-refractivity contribution in [2.24, 2.45) is 0 Å². The Morgan fingerprint density at radius 1 is 1.12 bits per heavy atom. The maximum atomic E-state index is 5.72. The van der Waals surface area contributed by atoms with Crippen LogP contribution in [0.2, 0.25) is 0 Å². The van der Waals surface area contributed by atoms with Gasteiger partial charge in [0.1, 0.15) is 5.75 Å². The van der Waals surface area contributed by atoms with Crippen molar-refractivity contribution >= 4 is 34.2 Å². The number of ether oxygens (including phenoxy) is 1. The molecule has 2 aromatic carbocycles. The van der Waals surface area contributed by atoms with Crippen molar-refractivity contribution in [1.82, 2.24) is 9.97 Å². The summed E-state index contributed by atoms with van der Waals surface area (Å²) in [6.45, 7) is 4.32. The van der Waals surface area contributed by atoms with Crippen molar-refractivity contribution in [3.8, 4) is 17.0 Å². The molecule has 1 N–H and O–H groups in total. The van der Waals surface area contributed by atoms with Crippen molar-refractivity contribution in [2.45, 2.75) is 6.42 Å². The Hall–Kier alpha value is -2.41. The standard InChI is InChI=1S/C20H18IN3O/c1-2-3-12-25-18-9-4-6-15(13-18)19-10-11-22-20(24-19)23-17-8-5-7-16(21)14-17/h2,4-11,13-14H,1,3,12H2,(H,22,23,24). The highest BCUT2D eigenvalue weighted by atomic mass is 127. The third kappa shape index (κ3) is 5.03. The molecule has 0 unspecified atom stereocenters. The van der Waals surface area contributed by atoms with Crippen molar-refractivity contribution in [3.05, 3.63) is 77.0 Å². The Morgan fingerprint density at radius 3 is 2.84 bits per heavy atom. The SMILES string of the molecule is C=CCCOc1cccc(-c2ccnc(Nc3cccc(I)c3)n2)c1. The van der Waals surface area contributed by atoms with Gasteiger partial charge in [0.2, 0.25) is 5.95 Å². The van der Waals surface area contributed by atoms with Gasteiger partial charge in [0.15, 0.2) is 0 Å². The molecule has 0 atom stereocenters. The molecule has 0 aliphatic heterocycles. The predicted molar refractivity (Wildman–Crippen MR) is 110 cm³/mol. The largest absolute Gasteiger partial charge is 0.493 e. The summed E-state index contributed by atoms with van der Waals surface area (Å²) in [5, 5.41) is 3.24. The van der Waals surface area contributed by atoms with Gasteiger partial charge in [0.05, 0.1) is 12.3 Å². The number of anilines is 2. The van der Waals surface area contributed by atoms with E-state index in [4.69, 9.17) is 4.74 Å². The van der Waals surface area contributed by atoms with Gasteiger partial charge in [0.25, 0.3) is 0 Å². The molecule has 5 heteroatoms. The summed E-state index contributed by atoms with van der Waals surface area (Å²) in [6, 6.07) is 17.9. The van der Waals surface area contributed by atoms with E-state index in [2.05, 4.69) is 44.5 Å². The minimum atomic E-state index is 0.567. The molecule has 1 heterocycles. The van der Waals surface area contributed by atoms with Crippen LogP contribution in [0, 0.1) is 3.57 Å². The normalized spacial score (nSPS) is 10.3.